The summed E-state index contributed by atoms with van der Waals surface area (Å²) in [5.74, 6) is 0.579. The third kappa shape index (κ3) is 4.95. The third-order valence-corrected chi connectivity index (χ3v) is 2.50. The minimum absolute atomic E-state index is 0.179. The van der Waals surface area contributed by atoms with Gasteiger partial charge in [-0.05, 0) is 39.8 Å². The zero-order chi connectivity index (χ0) is 15.3. The van der Waals surface area contributed by atoms with Gasteiger partial charge in [-0.25, -0.2) is 4.79 Å². The molecule has 0 unspecified atom stereocenters. The number of carbonyl (C=O) groups excluding carboxylic acids is 2. The molecule has 1 N–H and O–H groups in total. The molecule has 1 aromatic rings. The van der Waals surface area contributed by atoms with E-state index in [2.05, 4.69) is 5.32 Å². The molecule has 0 bridgehead atoms. The Morgan fingerprint density at radius 3 is 2.55 bits per heavy atom. The molecule has 0 atom stereocenters. The molecule has 0 saturated heterocycles. The average molecular weight is 282 g/mol. The lowest BCUT2D eigenvalue weighted by molar-refractivity contribution is 0.0520. The van der Waals surface area contributed by atoms with Crippen molar-refractivity contribution < 1.29 is 18.7 Å². The Kier molecular flexibility index (Phi) is 5.19. The lowest BCUT2D eigenvalue weighted by atomic mass is 10.2. The Bertz CT molecular complexity index is 474. The van der Waals surface area contributed by atoms with Crippen LogP contribution in [0.2, 0.25) is 0 Å². The summed E-state index contributed by atoms with van der Waals surface area (Å²) in [6, 6.07) is 3.26. The van der Waals surface area contributed by atoms with Crippen molar-refractivity contribution in [2.45, 2.75) is 39.8 Å². The first-order valence-electron chi connectivity index (χ1n) is 6.54. The van der Waals surface area contributed by atoms with E-state index in [0.717, 1.165) is 0 Å². The van der Waals surface area contributed by atoms with Crippen LogP contribution in [0.15, 0.2) is 16.5 Å². The van der Waals surface area contributed by atoms with Gasteiger partial charge in [0, 0.05) is 13.6 Å². The van der Waals surface area contributed by atoms with Crippen molar-refractivity contribution in [2.75, 3.05) is 13.6 Å². The Morgan fingerprint density at radius 2 is 2.00 bits per heavy atom. The molecule has 0 aliphatic rings. The maximum atomic E-state index is 11.8. The molecule has 0 fully saturated rings. The molecule has 1 rings (SSSR count). The molecule has 1 heterocycles. The predicted octanol–water partition coefficient (Wildman–Crippen LogP) is 2.40. The Balaban J connectivity index is 2.53. The van der Waals surface area contributed by atoms with Gasteiger partial charge in [0.05, 0.1) is 6.54 Å². The van der Waals surface area contributed by atoms with Gasteiger partial charge in [-0.2, -0.15) is 0 Å². The summed E-state index contributed by atoms with van der Waals surface area (Å²) in [7, 11) is 1.70. The molecule has 0 radical (unpaired) electrons. The van der Waals surface area contributed by atoms with E-state index in [-0.39, 0.29) is 18.2 Å². The number of nitrogens with one attached hydrogen (secondary N) is 1. The third-order valence-electron chi connectivity index (χ3n) is 2.50. The van der Waals surface area contributed by atoms with E-state index in [1.807, 2.05) is 6.92 Å². The number of carbonyl (C=O) groups is 2. The number of alkyl carbamates (subject to hydrolysis) is 1. The van der Waals surface area contributed by atoms with Crippen molar-refractivity contribution >= 4 is 12.0 Å². The number of amides is 2. The second-order valence-electron chi connectivity index (χ2n) is 5.44. The minimum Gasteiger partial charge on any atom is -0.454 e. The summed E-state index contributed by atoms with van der Waals surface area (Å²) in [4.78, 5) is 24.9. The normalized spacial score (nSPS) is 11.1. The molecular formula is C14H22N2O4. The van der Waals surface area contributed by atoms with Gasteiger partial charge < -0.3 is 19.4 Å². The van der Waals surface area contributed by atoms with E-state index in [1.54, 1.807) is 44.9 Å². The average Bonchev–Trinajstić information content (AvgIpc) is 2.81. The zero-order valence-corrected chi connectivity index (χ0v) is 12.6. The van der Waals surface area contributed by atoms with Gasteiger partial charge in [0.2, 0.25) is 0 Å². The molecule has 0 aromatic carbocycles. The van der Waals surface area contributed by atoms with Crippen molar-refractivity contribution in [2.24, 2.45) is 0 Å². The number of furan rings is 1. The lowest BCUT2D eigenvalue weighted by Gasteiger charge is -2.19. The fraction of sp³-hybridized carbons (Fsp3) is 0.571. The lowest BCUT2D eigenvalue weighted by Crippen LogP contribution is -2.32. The van der Waals surface area contributed by atoms with Crippen molar-refractivity contribution in [3.8, 4) is 0 Å². The van der Waals surface area contributed by atoms with Gasteiger partial charge in [0.15, 0.2) is 5.76 Å². The number of nitrogens with zero attached hydrogens (tertiary/aromatic N) is 1. The summed E-state index contributed by atoms with van der Waals surface area (Å²) >= 11 is 0. The van der Waals surface area contributed by atoms with Crippen molar-refractivity contribution in [3.63, 3.8) is 0 Å². The number of hydrogen-bond donors (Lipinski definition) is 1. The molecule has 0 aliphatic carbocycles. The molecule has 6 heteroatoms. The molecule has 6 nitrogen and oxygen atoms in total. The van der Waals surface area contributed by atoms with Gasteiger partial charge in [-0.15, -0.1) is 0 Å². The molecular weight excluding hydrogens is 260 g/mol. The van der Waals surface area contributed by atoms with E-state index >= 15 is 0 Å². The van der Waals surface area contributed by atoms with Gasteiger partial charge in [-0.3, -0.25) is 4.79 Å². The van der Waals surface area contributed by atoms with Crippen molar-refractivity contribution in [1.29, 1.82) is 0 Å². The monoisotopic (exact) mass is 282 g/mol. The van der Waals surface area contributed by atoms with Gasteiger partial charge in [0.25, 0.3) is 5.91 Å². The first-order chi connectivity index (χ1) is 9.23. The highest BCUT2D eigenvalue weighted by atomic mass is 16.6. The standard InChI is InChI=1S/C14H22N2O4/c1-6-16(5)12(17)11-8-7-10(19-11)9-15-13(18)20-14(2,3)4/h7-8H,6,9H2,1-5H3,(H,15,18). The smallest absolute Gasteiger partial charge is 0.408 e. The largest absolute Gasteiger partial charge is 0.454 e. The summed E-state index contributed by atoms with van der Waals surface area (Å²) in [6.07, 6.45) is -0.521. The molecule has 0 aliphatic heterocycles. The highest BCUT2D eigenvalue weighted by Gasteiger charge is 2.17. The second-order valence-corrected chi connectivity index (χ2v) is 5.44. The van der Waals surface area contributed by atoms with Crippen LogP contribution in [0.3, 0.4) is 0 Å². The molecule has 0 spiro atoms. The summed E-state index contributed by atoms with van der Waals surface area (Å²) in [6.45, 7) is 8.03. The Labute approximate surface area is 119 Å². The van der Waals surface area contributed by atoms with Gasteiger partial charge in [-0.1, -0.05) is 0 Å². The van der Waals surface area contributed by atoms with E-state index < -0.39 is 11.7 Å². The fourth-order valence-electron chi connectivity index (χ4n) is 1.39. The quantitative estimate of drug-likeness (QED) is 0.920. The summed E-state index contributed by atoms with van der Waals surface area (Å²) in [5.41, 5.74) is -0.543. The fourth-order valence-corrected chi connectivity index (χ4v) is 1.39. The first kappa shape index (κ1) is 16.1. The first-order valence-corrected chi connectivity index (χ1v) is 6.54. The molecule has 20 heavy (non-hydrogen) atoms. The van der Waals surface area contributed by atoms with E-state index in [1.165, 1.54) is 0 Å². The predicted molar refractivity (Wildman–Crippen MR) is 74.4 cm³/mol. The van der Waals surface area contributed by atoms with Crippen LogP contribution in [0.5, 0.6) is 0 Å². The highest BCUT2D eigenvalue weighted by Crippen LogP contribution is 2.11. The maximum Gasteiger partial charge on any atom is 0.408 e. The van der Waals surface area contributed by atoms with E-state index in [0.29, 0.717) is 12.3 Å². The second kappa shape index (κ2) is 6.45. The van der Waals surface area contributed by atoms with Crippen LogP contribution in [0, 0.1) is 0 Å². The van der Waals surface area contributed by atoms with Crippen LogP contribution in [0.1, 0.15) is 44.0 Å². The number of ether oxygens (including phenoxy) is 1. The highest BCUT2D eigenvalue weighted by molar-refractivity contribution is 5.91. The number of hydrogen-bond acceptors (Lipinski definition) is 4. The number of rotatable bonds is 4. The topological polar surface area (TPSA) is 71.8 Å². The van der Waals surface area contributed by atoms with Crippen molar-refractivity contribution in [3.05, 3.63) is 23.7 Å². The van der Waals surface area contributed by atoms with Gasteiger partial charge >= 0.3 is 6.09 Å². The Hall–Kier alpha value is -1.98. The van der Waals surface area contributed by atoms with E-state index in [4.69, 9.17) is 9.15 Å². The minimum atomic E-state index is -0.543. The Morgan fingerprint density at radius 1 is 1.35 bits per heavy atom. The molecule has 0 saturated carbocycles. The van der Waals surface area contributed by atoms with Crippen LogP contribution in [0.4, 0.5) is 4.79 Å². The van der Waals surface area contributed by atoms with Crippen LogP contribution >= 0.6 is 0 Å². The van der Waals surface area contributed by atoms with Gasteiger partial charge in [0.1, 0.15) is 11.4 Å². The molecule has 1 aromatic heterocycles. The molecule has 2 amide bonds. The SMILES string of the molecule is CCN(C)C(=O)c1ccc(CNC(=O)OC(C)(C)C)o1. The van der Waals surface area contributed by atoms with E-state index in [9.17, 15) is 9.59 Å². The van der Waals surface area contributed by atoms with Crippen LogP contribution in [-0.2, 0) is 11.3 Å². The van der Waals surface area contributed by atoms with Crippen molar-refractivity contribution in [1.82, 2.24) is 10.2 Å². The van der Waals surface area contributed by atoms with Crippen LogP contribution in [0.25, 0.3) is 0 Å². The zero-order valence-electron chi connectivity index (χ0n) is 12.6. The van der Waals surface area contributed by atoms with Crippen LogP contribution < -0.4 is 5.32 Å². The summed E-state index contributed by atoms with van der Waals surface area (Å²) < 4.78 is 10.5. The summed E-state index contributed by atoms with van der Waals surface area (Å²) in [5, 5.41) is 2.57. The maximum absolute atomic E-state index is 11.8. The molecule has 112 valence electrons. The van der Waals surface area contributed by atoms with Crippen LogP contribution in [-0.4, -0.2) is 36.1 Å².